The van der Waals surface area contributed by atoms with Gasteiger partial charge >= 0.3 is 0 Å². The average molecular weight is 262 g/mol. The van der Waals surface area contributed by atoms with Gasteiger partial charge in [0.15, 0.2) is 0 Å². The zero-order valence-corrected chi connectivity index (χ0v) is 11.9. The van der Waals surface area contributed by atoms with Crippen LogP contribution in [0.15, 0.2) is 18.2 Å². The highest BCUT2D eigenvalue weighted by Crippen LogP contribution is 2.18. The van der Waals surface area contributed by atoms with Crippen molar-refractivity contribution in [3.05, 3.63) is 23.8 Å². The summed E-state index contributed by atoms with van der Waals surface area (Å²) in [6.45, 7) is 5.49. The number of anilines is 1. The normalized spacial score (nSPS) is 11.6. The van der Waals surface area contributed by atoms with Gasteiger partial charge in [0.25, 0.3) is 0 Å². The molecule has 2 aromatic rings. The SMILES string of the molecule is COCCN(C)CCn1c(N)nc2cc(C)ccc21. The first-order chi connectivity index (χ1) is 9.11. The molecular weight excluding hydrogens is 240 g/mol. The zero-order chi connectivity index (χ0) is 13.8. The summed E-state index contributed by atoms with van der Waals surface area (Å²) in [6.07, 6.45) is 0. The molecule has 2 N–H and O–H groups in total. The summed E-state index contributed by atoms with van der Waals surface area (Å²) in [5.74, 6) is 0.584. The first kappa shape index (κ1) is 13.8. The molecule has 0 saturated carbocycles. The summed E-state index contributed by atoms with van der Waals surface area (Å²) >= 11 is 0. The quantitative estimate of drug-likeness (QED) is 0.857. The van der Waals surface area contributed by atoms with Crippen molar-refractivity contribution in [2.24, 2.45) is 0 Å². The summed E-state index contributed by atoms with van der Waals surface area (Å²) in [5, 5.41) is 0. The number of likely N-dealkylation sites (N-methyl/N-ethyl adjacent to an activating group) is 1. The third-order valence-corrected chi connectivity index (χ3v) is 3.32. The lowest BCUT2D eigenvalue weighted by Crippen LogP contribution is -2.27. The number of rotatable bonds is 6. The standard InChI is InChI=1S/C14H22N4O/c1-11-4-5-13-12(10-11)16-14(15)18(13)7-6-17(2)8-9-19-3/h4-5,10H,6-9H2,1-3H3,(H2,15,16). The molecule has 1 aromatic heterocycles. The monoisotopic (exact) mass is 262 g/mol. The number of fused-ring (bicyclic) bond motifs is 1. The van der Waals surface area contributed by atoms with Crippen molar-refractivity contribution >= 4 is 17.0 Å². The van der Waals surface area contributed by atoms with E-state index in [2.05, 4.69) is 46.6 Å². The molecule has 104 valence electrons. The van der Waals surface area contributed by atoms with E-state index in [1.807, 2.05) is 0 Å². The largest absolute Gasteiger partial charge is 0.383 e. The van der Waals surface area contributed by atoms with Gasteiger partial charge in [-0.25, -0.2) is 4.98 Å². The van der Waals surface area contributed by atoms with E-state index in [1.54, 1.807) is 7.11 Å². The number of hydrogen-bond donors (Lipinski definition) is 1. The van der Waals surface area contributed by atoms with Gasteiger partial charge in [0.1, 0.15) is 0 Å². The Morgan fingerprint density at radius 3 is 2.89 bits per heavy atom. The van der Waals surface area contributed by atoms with Crippen molar-refractivity contribution in [2.75, 3.05) is 39.6 Å². The Morgan fingerprint density at radius 1 is 1.37 bits per heavy atom. The van der Waals surface area contributed by atoms with E-state index in [-0.39, 0.29) is 0 Å². The fourth-order valence-corrected chi connectivity index (χ4v) is 2.12. The van der Waals surface area contributed by atoms with Crippen LogP contribution in [0, 0.1) is 6.92 Å². The lowest BCUT2D eigenvalue weighted by Gasteiger charge is -2.17. The predicted molar refractivity (Wildman–Crippen MR) is 78.3 cm³/mol. The summed E-state index contributed by atoms with van der Waals surface area (Å²) in [5.41, 5.74) is 9.27. The van der Waals surface area contributed by atoms with E-state index in [4.69, 9.17) is 10.5 Å². The molecular formula is C14H22N4O. The Hall–Kier alpha value is -1.59. The molecule has 0 aliphatic rings. The molecule has 5 heteroatoms. The van der Waals surface area contributed by atoms with Crippen molar-refractivity contribution in [1.82, 2.24) is 14.5 Å². The summed E-state index contributed by atoms with van der Waals surface area (Å²) in [7, 11) is 3.80. The number of imidazole rings is 1. The van der Waals surface area contributed by atoms with Crippen LogP contribution in [0.4, 0.5) is 5.95 Å². The van der Waals surface area contributed by atoms with Gasteiger partial charge in [0, 0.05) is 26.7 Å². The molecule has 0 atom stereocenters. The van der Waals surface area contributed by atoms with Gasteiger partial charge in [0.2, 0.25) is 5.95 Å². The fourth-order valence-electron chi connectivity index (χ4n) is 2.12. The van der Waals surface area contributed by atoms with Gasteiger partial charge in [-0.2, -0.15) is 0 Å². The number of ether oxygens (including phenoxy) is 1. The van der Waals surface area contributed by atoms with Crippen molar-refractivity contribution in [1.29, 1.82) is 0 Å². The lowest BCUT2D eigenvalue weighted by molar-refractivity contribution is 0.159. The molecule has 0 radical (unpaired) electrons. The highest BCUT2D eigenvalue weighted by Gasteiger charge is 2.08. The van der Waals surface area contributed by atoms with Crippen LogP contribution in [0.1, 0.15) is 5.56 Å². The lowest BCUT2D eigenvalue weighted by atomic mass is 10.2. The fraction of sp³-hybridized carbons (Fsp3) is 0.500. The van der Waals surface area contributed by atoms with E-state index < -0.39 is 0 Å². The van der Waals surface area contributed by atoms with Gasteiger partial charge in [-0.15, -0.1) is 0 Å². The minimum Gasteiger partial charge on any atom is -0.383 e. The second-order valence-electron chi connectivity index (χ2n) is 4.91. The number of benzene rings is 1. The van der Waals surface area contributed by atoms with Crippen LogP contribution in [-0.2, 0) is 11.3 Å². The van der Waals surface area contributed by atoms with Gasteiger partial charge in [-0.3, -0.25) is 0 Å². The molecule has 0 unspecified atom stereocenters. The maximum absolute atomic E-state index is 6.00. The Kier molecular flexibility index (Phi) is 4.39. The van der Waals surface area contributed by atoms with Gasteiger partial charge in [-0.1, -0.05) is 6.07 Å². The number of nitrogens with two attached hydrogens (primary N) is 1. The number of nitrogen functional groups attached to an aromatic ring is 1. The first-order valence-electron chi connectivity index (χ1n) is 6.51. The maximum Gasteiger partial charge on any atom is 0.201 e. The van der Waals surface area contributed by atoms with Crippen LogP contribution in [0.3, 0.4) is 0 Å². The second-order valence-corrected chi connectivity index (χ2v) is 4.91. The Balaban J connectivity index is 2.10. The van der Waals surface area contributed by atoms with Crippen LogP contribution < -0.4 is 5.73 Å². The molecule has 0 aliphatic heterocycles. The Labute approximate surface area is 114 Å². The Bertz CT molecular complexity index is 550. The molecule has 0 amide bonds. The number of aromatic nitrogens is 2. The topological polar surface area (TPSA) is 56.3 Å². The molecule has 2 rings (SSSR count). The first-order valence-corrected chi connectivity index (χ1v) is 6.51. The van der Waals surface area contributed by atoms with Crippen LogP contribution in [0.5, 0.6) is 0 Å². The highest BCUT2D eigenvalue weighted by molar-refractivity contribution is 5.79. The molecule has 0 spiro atoms. The van der Waals surface area contributed by atoms with Crippen LogP contribution in [0.25, 0.3) is 11.0 Å². The second kappa shape index (κ2) is 6.04. The summed E-state index contributed by atoms with van der Waals surface area (Å²) < 4.78 is 7.14. The third-order valence-electron chi connectivity index (χ3n) is 3.32. The molecule has 19 heavy (non-hydrogen) atoms. The van der Waals surface area contributed by atoms with Crippen LogP contribution in [-0.4, -0.2) is 48.3 Å². The third kappa shape index (κ3) is 3.24. The molecule has 0 fully saturated rings. The minimum atomic E-state index is 0.584. The Morgan fingerprint density at radius 2 is 2.16 bits per heavy atom. The van der Waals surface area contributed by atoms with Crippen molar-refractivity contribution < 1.29 is 4.74 Å². The average Bonchev–Trinajstić information content (AvgIpc) is 2.68. The van der Waals surface area contributed by atoms with E-state index in [9.17, 15) is 0 Å². The predicted octanol–water partition coefficient (Wildman–Crippen LogP) is 1.51. The maximum atomic E-state index is 6.00. The van der Waals surface area contributed by atoms with Gasteiger partial charge < -0.3 is 19.9 Å². The van der Waals surface area contributed by atoms with Gasteiger partial charge in [0.05, 0.1) is 17.6 Å². The van der Waals surface area contributed by atoms with E-state index in [0.29, 0.717) is 5.95 Å². The molecule has 0 aliphatic carbocycles. The number of methoxy groups -OCH3 is 1. The minimum absolute atomic E-state index is 0.584. The summed E-state index contributed by atoms with van der Waals surface area (Å²) in [4.78, 5) is 6.64. The van der Waals surface area contributed by atoms with Crippen LogP contribution >= 0.6 is 0 Å². The number of hydrogen-bond acceptors (Lipinski definition) is 4. The van der Waals surface area contributed by atoms with E-state index >= 15 is 0 Å². The number of nitrogens with zero attached hydrogens (tertiary/aromatic N) is 3. The van der Waals surface area contributed by atoms with Crippen molar-refractivity contribution in [3.63, 3.8) is 0 Å². The van der Waals surface area contributed by atoms with E-state index in [1.165, 1.54) is 5.56 Å². The molecule has 0 saturated heterocycles. The van der Waals surface area contributed by atoms with Crippen LogP contribution in [0.2, 0.25) is 0 Å². The number of aryl methyl sites for hydroxylation is 1. The van der Waals surface area contributed by atoms with E-state index in [0.717, 1.165) is 37.3 Å². The summed E-state index contributed by atoms with van der Waals surface area (Å²) in [6, 6.07) is 6.24. The van der Waals surface area contributed by atoms with Crippen molar-refractivity contribution in [3.8, 4) is 0 Å². The highest BCUT2D eigenvalue weighted by atomic mass is 16.5. The molecule has 0 bridgehead atoms. The molecule has 1 heterocycles. The van der Waals surface area contributed by atoms with Gasteiger partial charge in [-0.05, 0) is 31.7 Å². The zero-order valence-electron chi connectivity index (χ0n) is 11.9. The van der Waals surface area contributed by atoms with Crippen molar-refractivity contribution in [2.45, 2.75) is 13.5 Å². The molecule has 5 nitrogen and oxygen atoms in total. The molecule has 1 aromatic carbocycles. The smallest absolute Gasteiger partial charge is 0.201 e.